The molecule has 1 aromatic carbocycles. The molecule has 0 spiro atoms. The van der Waals surface area contributed by atoms with Crippen LogP contribution < -0.4 is 5.32 Å². The molecular formula is C12H7ClF5N3. The summed E-state index contributed by atoms with van der Waals surface area (Å²) in [6.07, 6.45) is -4.76. The summed E-state index contributed by atoms with van der Waals surface area (Å²) in [5.74, 6) is -3.02. The third-order valence-corrected chi connectivity index (χ3v) is 2.61. The number of anilines is 1. The van der Waals surface area contributed by atoms with Gasteiger partial charge in [-0.3, -0.25) is 0 Å². The van der Waals surface area contributed by atoms with Gasteiger partial charge in [-0.25, -0.2) is 18.7 Å². The molecule has 1 N–H and O–H groups in total. The van der Waals surface area contributed by atoms with Crippen LogP contribution in [0.4, 0.5) is 27.8 Å². The molecule has 0 atom stereocenters. The molecule has 21 heavy (non-hydrogen) atoms. The molecule has 0 aliphatic rings. The van der Waals surface area contributed by atoms with Gasteiger partial charge in [0.05, 0.1) is 0 Å². The smallest absolute Gasteiger partial charge is 0.366 e. The van der Waals surface area contributed by atoms with Crippen molar-refractivity contribution in [1.82, 2.24) is 9.97 Å². The van der Waals surface area contributed by atoms with Gasteiger partial charge in [-0.05, 0) is 18.2 Å². The number of aromatic nitrogens is 2. The van der Waals surface area contributed by atoms with Gasteiger partial charge in [-0.15, -0.1) is 0 Å². The number of hydrogen-bond donors (Lipinski definition) is 1. The van der Waals surface area contributed by atoms with Crippen LogP contribution in [0.5, 0.6) is 0 Å². The summed E-state index contributed by atoms with van der Waals surface area (Å²) < 4.78 is 63.9. The Bertz CT molecular complexity index is 660. The minimum atomic E-state index is -4.76. The Kier molecular flexibility index (Phi) is 4.26. The zero-order valence-corrected chi connectivity index (χ0v) is 10.9. The maximum atomic E-state index is 13.4. The maximum absolute atomic E-state index is 13.4. The van der Waals surface area contributed by atoms with Crippen LogP contribution in [0.25, 0.3) is 0 Å². The lowest BCUT2D eigenvalue weighted by atomic mass is 10.2. The van der Waals surface area contributed by atoms with Crippen LogP contribution in [0.15, 0.2) is 24.3 Å². The van der Waals surface area contributed by atoms with Crippen molar-refractivity contribution in [1.29, 1.82) is 0 Å². The Morgan fingerprint density at radius 3 is 2.48 bits per heavy atom. The van der Waals surface area contributed by atoms with E-state index in [-0.39, 0.29) is 17.9 Å². The lowest BCUT2D eigenvalue weighted by Crippen LogP contribution is -2.13. The first-order chi connectivity index (χ1) is 9.75. The molecule has 0 amide bonds. The number of benzene rings is 1. The van der Waals surface area contributed by atoms with Gasteiger partial charge in [0.25, 0.3) is 0 Å². The molecule has 0 aliphatic carbocycles. The second kappa shape index (κ2) is 5.80. The fourth-order valence-electron chi connectivity index (χ4n) is 1.50. The van der Waals surface area contributed by atoms with E-state index >= 15 is 0 Å². The van der Waals surface area contributed by atoms with Gasteiger partial charge in [-0.2, -0.15) is 13.2 Å². The van der Waals surface area contributed by atoms with Crippen LogP contribution in [0.1, 0.15) is 11.4 Å². The van der Waals surface area contributed by atoms with E-state index in [1.807, 2.05) is 0 Å². The highest BCUT2D eigenvalue weighted by molar-refractivity contribution is 6.29. The molecule has 0 bridgehead atoms. The van der Waals surface area contributed by atoms with Crippen molar-refractivity contribution < 1.29 is 22.0 Å². The normalized spacial score (nSPS) is 11.5. The highest BCUT2D eigenvalue weighted by atomic mass is 35.5. The molecule has 1 aromatic heterocycles. The topological polar surface area (TPSA) is 37.8 Å². The van der Waals surface area contributed by atoms with E-state index in [0.717, 1.165) is 24.3 Å². The average Bonchev–Trinajstić information content (AvgIpc) is 2.38. The van der Waals surface area contributed by atoms with Crippen molar-refractivity contribution in [2.24, 2.45) is 0 Å². The van der Waals surface area contributed by atoms with Crippen LogP contribution in [0, 0.1) is 11.6 Å². The van der Waals surface area contributed by atoms with Crippen LogP contribution in [-0.2, 0) is 12.7 Å². The molecule has 3 nitrogen and oxygen atoms in total. The molecule has 9 heteroatoms. The molecular weight excluding hydrogens is 317 g/mol. The fraction of sp³-hybridized carbons (Fsp3) is 0.167. The first-order valence-corrected chi connectivity index (χ1v) is 5.93. The lowest BCUT2D eigenvalue weighted by molar-refractivity contribution is -0.144. The van der Waals surface area contributed by atoms with E-state index in [1.165, 1.54) is 0 Å². The number of alkyl halides is 3. The van der Waals surface area contributed by atoms with Crippen LogP contribution in [0.2, 0.25) is 5.15 Å². The number of rotatable bonds is 3. The first kappa shape index (κ1) is 15.4. The SMILES string of the molecule is Fc1ccc(F)c(CNc2cc(Cl)nc(C(F)(F)F)n2)c1. The van der Waals surface area contributed by atoms with Crippen LogP contribution in [-0.4, -0.2) is 9.97 Å². The predicted octanol–water partition coefficient (Wildman–Crippen LogP) is 4.04. The highest BCUT2D eigenvalue weighted by Gasteiger charge is 2.35. The Morgan fingerprint density at radius 1 is 1.10 bits per heavy atom. The second-order valence-electron chi connectivity index (χ2n) is 3.99. The van der Waals surface area contributed by atoms with Gasteiger partial charge in [0.2, 0.25) is 5.82 Å². The predicted molar refractivity (Wildman–Crippen MR) is 65.7 cm³/mol. The summed E-state index contributed by atoms with van der Waals surface area (Å²) in [5.41, 5.74) is -0.0571. The molecule has 0 unspecified atom stereocenters. The number of halogens is 6. The van der Waals surface area contributed by atoms with E-state index in [9.17, 15) is 22.0 Å². The van der Waals surface area contributed by atoms with E-state index in [1.54, 1.807) is 0 Å². The summed E-state index contributed by atoms with van der Waals surface area (Å²) in [7, 11) is 0. The highest BCUT2D eigenvalue weighted by Crippen LogP contribution is 2.28. The Hall–Kier alpha value is -1.96. The number of nitrogens with zero attached hydrogens (tertiary/aromatic N) is 2. The molecule has 1 heterocycles. The standard InChI is InChI=1S/C12H7ClF5N3/c13-9-4-10(21-11(20-9)12(16,17)18)19-5-6-3-7(14)1-2-8(6)15/h1-4H,5H2,(H,19,20,21). The van der Waals surface area contributed by atoms with Crippen molar-refractivity contribution in [3.05, 3.63) is 52.4 Å². The van der Waals surface area contributed by atoms with Crippen LogP contribution in [0.3, 0.4) is 0 Å². The van der Waals surface area contributed by atoms with Gasteiger partial charge in [0.1, 0.15) is 22.6 Å². The zero-order chi connectivity index (χ0) is 15.6. The number of nitrogens with one attached hydrogen (secondary N) is 1. The van der Waals surface area contributed by atoms with Crippen molar-refractivity contribution in [2.75, 3.05) is 5.32 Å². The minimum Gasteiger partial charge on any atom is -0.366 e. The summed E-state index contributed by atoms with van der Waals surface area (Å²) in [6, 6.07) is 3.83. The number of hydrogen-bond acceptors (Lipinski definition) is 3. The largest absolute Gasteiger partial charge is 0.451 e. The second-order valence-corrected chi connectivity index (χ2v) is 4.37. The maximum Gasteiger partial charge on any atom is 0.451 e. The fourth-order valence-corrected chi connectivity index (χ4v) is 1.68. The summed E-state index contributed by atoms with van der Waals surface area (Å²) >= 11 is 5.47. The molecule has 0 fully saturated rings. The Labute approximate surface area is 120 Å². The molecule has 0 saturated heterocycles. The van der Waals surface area contributed by atoms with Crippen molar-refractivity contribution in [3.8, 4) is 0 Å². The molecule has 0 radical (unpaired) electrons. The first-order valence-electron chi connectivity index (χ1n) is 5.55. The molecule has 0 aliphatic heterocycles. The van der Waals surface area contributed by atoms with E-state index < -0.39 is 28.8 Å². The van der Waals surface area contributed by atoms with Crippen molar-refractivity contribution in [3.63, 3.8) is 0 Å². The molecule has 2 aromatic rings. The van der Waals surface area contributed by atoms with E-state index in [0.29, 0.717) is 0 Å². The Morgan fingerprint density at radius 2 is 1.81 bits per heavy atom. The van der Waals surface area contributed by atoms with Gasteiger partial charge in [0, 0.05) is 18.2 Å². The molecule has 2 rings (SSSR count). The van der Waals surface area contributed by atoms with E-state index in [4.69, 9.17) is 11.6 Å². The van der Waals surface area contributed by atoms with Crippen molar-refractivity contribution in [2.45, 2.75) is 12.7 Å². The monoisotopic (exact) mass is 323 g/mol. The summed E-state index contributed by atoms with van der Waals surface area (Å²) in [5, 5.41) is 2.02. The van der Waals surface area contributed by atoms with Gasteiger partial charge in [0.15, 0.2) is 0 Å². The lowest BCUT2D eigenvalue weighted by Gasteiger charge is -2.10. The quantitative estimate of drug-likeness (QED) is 0.684. The molecule has 0 saturated carbocycles. The van der Waals surface area contributed by atoms with E-state index in [2.05, 4.69) is 15.3 Å². The van der Waals surface area contributed by atoms with Crippen LogP contribution >= 0.6 is 11.6 Å². The third kappa shape index (κ3) is 4.01. The zero-order valence-electron chi connectivity index (χ0n) is 10.2. The average molecular weight is 324 g/mol. The summed E-state index contributed by atoms with van der Waals surface area (Å²) in [6.45, 7) is -0.256. The van der Waals surface area contributed by atoms with Gasteiger partial charge in [-0.1, -0.05) is 11.6 Å². The molecule has 112 valence electrons. The minimum absolute atomic E-state index is 0.0571. The third-order valence-electron chi connectivity index (χ3n) is 2.42. The Balaban J connectivity index is 2.20. The summed E-state index contributed by atoms with van der Waals surface area (Å²) in [4.78, 5) is 6.27. The van der Waals surface area contributed by atoms with Crippen molar-refractivity contribution >= 4 is 17.4 Å². The van der Waals surface area contributed by atoms with Gasteiger partial charge < -0.3 is 5.32 Å². The van der Waals surface area contributed by atoms with Gasteiger partial charge >= 0.3 is 6.18 Å².